The van der Waals surface area contributed by atoms with Crippen LogP contribution >= 0.6 is 0 Å². The van der Waals surface area contributed by atoms with E-state index in [1.54, 1.807) is 0 Å². The molecule has 2 bridgehead atoms. The summed E-state index contributed by atoms with van der Waals surface area (Å²) in [6.07, 6.45) is 8.92. The van der Waals surface area contributed by atoms with Crippen molar-refractivity contribution in [2.75, 3.05) is 13.1 Å². The maximum absolute atomic E-state index is 2.64. The third kappa shape index (κ3) is 2.05. The van der Waals surface area contributed by atoms with Crippen molar-refractivity contribution in [2.45, 2.75) is 25.3 Å². The Bertz CT molecular complexity index is 360. The van der Waals surface area contributed by atoms with Gasteiger partial charge in [0.1, 0.15) is 0 Å². The van der Waals surface area contributed by atoms with Crippen molar-refractivity contribution >= 4 is 6.08 Å². The Labute approximate surface area is 97.8 Å². The maximum atomic E-state index is 2.64. The number of rotatable bonds is 2. The minimum absolute atomic E-state index is 0.702. The largest absolute Gasteiger partial charge is 0.297 e. The van der Waals surface area contributed by atoms with Crippen LogP contribution in [0.25, 0.3) is 6.08 Å². The fraction of sp³-hybridized carbons (Fsp3) is 0.467. The minimum Gasteiger partial charge on any atom is -0.297 e. The molecule has 1 unspecified atom stereocenters. The highest BCUT2D eigenvalue weighted by molar-refractivity contribution is 5.49. The van der Waals surface area contributed by atoms with E-state index in [0.29, 0.717) is 6.04 Å². The van der Waals surface area contributed by atoms with Gasteiger partial charge in [-0.15, -0.1) is 0 Å². The molecule has 1 nitrogen and oxygen atoms in total. The summed E-state index contributed by atoms with van der Waals surface area (Å²) in [6, 6.07) is 11.3. The zero-order valence-electron chi connectivity index (χ0n) is 9.68. The van der Waals surface area contributed by atoms with Crippen LogP contribution in [0.15, 0.2) is 36.4 Å². The predicted molar refractivity (Wildman–Crippen MR) is 68.2 cm³/mol. The lowest BCUT2D eigenvalue weighted by Crippen LogP contribution is -2.47. The third-order valence-electron chi connectivity index (χ3n) is 4.00. The van der Waals surface area contributed by atoms with E-state index >= 15 is 0 Å². The van der Waals surface area contributed by atoms with Crippen molar-refractivity contribution in [3.8, 4) is 0 Å². The third-order valence-corrected chi connectivity index (χ3v) is 4.00. The predicted octanol–water partition coefficient (Wildman–Crippen LogP) is 3.18. The molecular formula is C15H19N. The van der Waals surface area contributed by atoms with E-state index in [-0.39, 0.29) is 0 Å². The van der Waals surface area contributed by atoms with Crippen molar-refractivity contribution in [2.24, 2.45) is 5.92 Å². The van der Waals surface area contributed by atoms with E-state index in [0.717, 1.165) is 5.92 Å². The summed E-state index contributed by atoms with van der Waals surface area (Å²) in [7, 11) is 0. The zero-order chi connectivity index (χ0) is 10.8. The van der Waals surface area contributed by atoms with E-state index in [1.807, 2.05) is 0 Å². The highest BCUT2D eigenvalue weighted by atomic mass is 15.2. The average molecular weight is 213 g/mol. The van der Waals surface area contributed by atoms with Crippen LogP contribution in [-0.2, 0) is 0 Å². The highest BCUT2D eigenvalue weighted by Crippen LogP contribution is 2.32. The number of hydrogen-bond donors (Lipinski definition) is 0. The summed E-state index contributed by atoms with van der Waals surface area (Å²) in [5.41, 5.74) is 1.32. The Balaban J connectivity index is 1.69. The first-order valence-corrected chi connectivity index (χ1v) is 6.39. The van der Waals surface area contributed by atoms with E-state index < -0.39 is 0 Å². The zero-order valence-corrected chi connectivity index (χ0v) is 9.68. The second-order valence-electron chi connectivity index (χ2n) is 5.05. The molecule has 0 aliphatic carbocycles. The molecule has 3 aliphatic rings. The molecular weight excluding hydrogens is 194 g/mol. The van der Waals surface area contributed by atoms with Crippen LogP contribution < -0.4 is 0 Å². The monoisotopic (exact) mass is 213 g/mol. The van der Waals surface area contributed by atoms with Crippen molar-refractivity contribution < 1.29 is 0 Å². The molecule has 3 aliphatic heterocycles. The van der Waals surface area contributed by atoms with Crippen LogP contribution in [0.4, 0.5) is 0 Å². The molecule has 3 saturated heterocycles. The summed E-state index contributed by atoms with van der Waals surface area (Å²) in [6.45, 7) is 2.63. The molecule has 1 atom stereocenters. The Hall–Kier alpha value is -1.08. The number of hydrogen-bond acceptors (Lipinski definition) is 1. The maximum Gasteiger partial charge on any atom is 0.0284 e. The van der Waals surface area contributed by atoms with Gasteiger partial charge in [-0.05, 0) is 43.8 Å². The lowest BCUT2D eigenvalue weighted by Gasteiger charge is -2.44. The van der Waals surface area contributed by atoms with Gasteiger partial charge in [0.15, 0.2) is 0 Å². The molecule has 3 heterocycles. The standard InChI is InChI=1S/C15H19N/c1-2-4-13(5-3-1)6-7-15-12-14-8-10-16(15)11-9-14/h1-7,14-15H,8-12H2. The van der Waals surface area contributed by atoms with Gasteiger partial charge in [0.05, 0.1) is 0 Å². The van der Waals surface area contributed by atoms with Gasteiger partial charge in [-0.2, -0.15) is 0 Å². The van der Waals surface area contributed by atoms with Gasteiger partial charge in [0.25, 0.3) is 0 Å². The molecule has 0 aromatic heterocycles. The van der Waals surface area contributed by atoms with Gasteiger partial charge in [0.2, 0.25) is 0 Å². The van der Waals surface area contributed by atoms with Gasteiger partial charge in [-0.3, -0.25) is 4.90 Å². The quantitative estimate of drug-likeness (QED) is 0.729. The lowest BCUT2D eigenvalue weighted by molar-refractivity contribution is 0.0740. The first-order valence-electron chi connectivity index (χ1n) is 6.39. The van der Waals surface area contributed by atoms with Crippen LogP contribution in [0.1, 0.15) is 24.8 Å². The summed E-state index contributed by atoms with van der Waals surface area (Å²) in [5.74, 6) is 0.996. The Morgan fingerprint density at radius 1 is 1.06 bits per heavy atom. The Morgan fingerprint density at radius 2 is 1.81 bits per heavy atom. The van der Waals surface area contributed by atoms with Crippen molar-refractivity contribution in [1.29, 1.82) is 0 Å². The van der Waals surface area contributed by atoms with Crippen LogP contribution in [0.5, 0.6) is 0 Å². The number of fused-ring (bicyclic) bond motifs is 3. The minimum atomic E-state index is 0.702. The fourth-order valence-electron chi connectivity index (χ4n) is 3.00. The topological polar surface area (TPSA) is 3.24 Å². The van der Waals surface area contributed by atoms with Crippen molar-refractivity contribution in [3.05, 3.63) is 42.0 Å². The Kier molecular flexibility index (Phi) is 2.79. The average Bonchev–Trinajstić information content (AvgIpc) is 2.39. The number of benzene rings is 1. The van der Waals surface area contributed by atoms with Gasteiger partial charge in [-0.1, -0.05) is 42.5 Å². The first kappa shape index (κ1) is 10.1. The summed E-state index contributed by atoms with van der Waals surface area (Å²) >= 11 is 0. The molecule has 0 spiro atoms. The van der Waals surface area contributed by atoms with Gasteiger partial charge < -0.3 is 0 Å². The molecule has 84 valence electrons. The number of piperidine rings is 3. The number of nitrogens with zero attached hydrogens (tertiary/aromatic N) is 1. The van der Waals surface area contributed by atoms with Gasteiger partial charge in [0, 0.05) is 6.04 Å². The molecule has 4 rings (SSSR count). The smallest absolute Gasteiger partial charge is 0.0284 e. The van der Waals surface area contributed by atoms with Gasteiger partial charge >= 0.3 is 0 Å². The van der Waals surface area contributed by atoms with Crippen LogP contribution in [0.2, 0.25) is 0 Å². The second-order valence-corrected chi connectivity index (χ2v) is 5.05. The van der Waals surface area contributed by atoms with Crippen LogP contribution in [0.3, 0.4) is 0 Å². The van der Waals surface area contributed by atoms with E-state index in [9.17, 15) is 0 Å². The molecule has 3 fully saturated rings. The normalized spacial score (nSPS) is 33.4. The fourth-order valence-corrected chi connectivity index (χ4v) is 3.00. The molecule has 1 heteroatoms. The van der Waals surface area contributed by atoms with E-state index in [1.165, 1.54) is 37.9 Å². The molecule has 0 saturated carbocycles. The second kappa shape index (κ2) is 4.42. The van der Waals surface area contributed by atoms with Crippen molar-refractivity contribution in [3.63, 3.8) is 0 Å². The Morgan fingerprint density at radius 3 is 2.44 bits per heavy atom. The molecule has 0 radical (unpaired) electrons. The van der Waals surface area contributed by atoms with Crippen molar-refractivity contribution in [1.82, 2.24) is 4.90 Å². The molecule has 1 aromatic rings. The summed E-state index contributed by atoms with van der Waals surface area (Å²) in [4.78, 5) is 2.64. The molecule has 0 amide bonds. The van der Waals surface area contributed by atoms with Gasteiger partial charge in [-0.25, -0.2) is 0 Å². The van der Waals surface area contributed by atoms with Crippen LogP contribution in [0, 0.1) is 5.92 Å². The lowest BCUT2D eigenvalue weighted by atomic mass is 9.83. The summed E-state index contributed by atoms with van der Waals surface area (Å²) < 4.78 is 0. The summed E-state index contributed by atoms with van der Waals surface area (Å²) in [5, 5.41) is 0. The highest BCUT2D eigenvalue weighted by Gasteiger charge is 2.31. The van der Waals surface area contributed by atoms with E-state index in [4.69, 9.17) is 0 Å². The SMILES string of the molecule is C(=CC1CC2CCN1CC2)c1ccccc1. The van der Waals surface area contributed by atoms with E-state index in [2.05, 4.69) is 47.4 Å². The molecule has 0 N–H and O–H groups in total. The molecule has 16 heavy (non-hydrogen) atoms. The van der Waals surface area contributed by atoms with Crippen LogP contribution in [-0.4, -0.2) is 24.0 Å². The first-order chi connectivity index (χ1) is 7.92. The molecule has 1 aromatic carbocycles.